The minimum atomic E-state index is 0.510. The van der Waals surface area contributed by atoms with Gasteiger partial charge in [0.1, 0.15) is 0 Å². The third-order valence-corrected chi connectivity index (χ3v) is 5.87. The molecule has 0 unspecified atom stereocenters. The predicted molar refractivity (Wildman–Crippen MR) is 89.8 cm³/mol. The van der Waals surface area contributed by atoms with Crippen LogP contribution in [0.5, 0.6) is 0 Å². The van der Waals surface area contributed by atoms with Crippen molar-refractivity contribution in [2.45, 2.75) is 46.0 Å². The second kappa shape index (κ2) is 5.80. The van der Waals surface area contributed by atoms with Crippen LogP contribution in [0.3, 0.4) is 0 Å². The molecule has 0 bridgehead atoms. The number of nitrogens with one attached hydrogen (secondary N) is 1. The molecule has 0 radical (unpaired) electrons. The van der Waals surface area contributed by atoms with E-state index >= 15 is 0 Å². The van der Waals surface area contributed by atoms with Crippen LogP contribution in [0.1, 0.15) is 43.2 Å². The lowest BCUT2D eigenvalue weighted by atomic mass is 9.75. The van der Waals surface area contributed by atoms with E-state index in [9.17, 15) is 0 Å². The van der Waals surface area contributed by atoms with Crippen LogP contribution in [0.25, 0.3) is 0 Å². The van der Waals surface area contributed by atoms with Gasteiger partial charge in [-0.25, -0.2) is 0 Å². The smallest absolute Gasteiger partial charge is 0.161 e. The van der Waals surface area contributed by atoms with Gasteiger partial charge in [0.05, 0.1) is 0 Å². The van der Waals surface area contributed by atoms with Crippen molar-refractivity contribution >= 4 is 22.6 Å². The Labute approximate surface area is 126 Å². The highest BCUT2D eigenvalue weighted by Gasteiger charge is 2.34. The summed E-state index contributed by atoms with van der Waals surface area (Å²) in [6, 6.07) is 6.55. The average Bonchev–Trinajstić information content (AvgIpc) is 2.45. The fourth-order valence-corrected chi connectivity index (χ4v) is 4.46. The molecule has 1 saturated carbocycles. The van der Waals surface area contributed by atoms with Crippen molar-refractivity contribution in [2.24, 2.45) is 10.4 Å². The van der Waals surface area contributed by atoms with Crippen LogP contribution in [0.4, 0.5) is 5.69 Å². The van der Waals surface area contributed by atoms with Gasteiger partial charge in [-0.3, -0.25) is 4.99 Å². The molecule has 3 rings (SSSR count). The van der Waals surface area contributed by atoms with E-state index in [4.69, 9.17) is 4.99 Å². The molecule has 0 aromatic heterocycles. The molecular weight excluding hydrogens is 264 g/mol. The number of thioether (sulfide) groups is 1. The summed E-state index contributed by atoms with van der Waals surface area (Å²) in [7, 11) is 0. The second-order valence-electron chi connectivity index (χ2n) is 6.41. The fraction of sp³-hybridized carbons (Fsp3) is 0.588. The molecule has 0 atom stereocenters. The van der Waals surface area contributed by atoms with Crippen LogP contribution >= 0.6 is 11.8 Å². The van der Waals surface area contributed by atoms with Gasteiger partial charge in [0.2, 0.25) is 0 Å². The molecule has 1 fully saturated rings. The first-order valence-electron chi connectivity index (χ1n) is 7.68. The fourth-order valence-electron chi connectivity index (χ4n) is 3.30. The first-order valence-corrected chi connectivity index (χ1v) is 8.67. The molecule has 1 spiro atoms. The van der Waals surface area contributed by atoms with Gasteiger partial charge in [-0.15, -0.1) is 0 Å². The minimum absolute atomic E-state index is 0.510. The molecule has 2 nitrogen and oxygen atoms in total. The van der Waals surface area contributed by atoms with E-state index in [1.54, 1.807) is 0 Å². The Kier molecular flexibility index (Phi) is 4.06. The van der Waals surface area contributed by atoms with E-state index in [1.165, 1.54) is 54.7 Å². The summed E-state index contributed by atoms with van der Waals surface area (Å²) in [5.74, 6) is 1.24. The number of aliphatic imine (C=N–C) groups is 1. The number of aryl methyl sites for hydroxylation is 2. The lowest BCUT2D eigenvalue weighted by molar-refractivity contribution is 0.232. The summed E-state index contributed by atoms with van der Waals surface area (Å²) >= 11 is 1.92. The SMILES string of the molecule is Cc1ccc(NC2=NCC3(CCCCC3)CS2)c(C)c1. The lowest BCUT2D eigenvalue weighted by Gasteiger charge is -2.38. The van der Waals surface area contributed by atoms with Gasteiger partial charge in [-0.2, -0.15) is 0 Å². The van der Waals surface area contributed by atoms with Crippen molar-refractivity contribution in [1.82, 2.24) is 0 Å². The van der Waals surface area contributed by atoms with Crippen LogP contribution < -0.4 is 5.32 Å². The normalized spacial score (nSPS) is 21.6. The molecule has 0 saturated heterocycles. The molecule has 20 heavy (non-hydrogen) atoms. The molecule has 108 valence electrons. The Morgan fingerprint density at radius 1 is 1.15 bits per heavy atom. The molecule has 1 aliphatic carbocycles. The minimum Gasteiger partial charge on any atom is -0.335 e. The molecule has 2 aliphatic rings. The summed E-state index contributed by atoms with van der Waals surface area (Å²) in [5, 5.41) is 4.62. The first kappa shape index (κ1) is 14.0. The van der Waals surface area contributed by atoms with Gasteiger partial charge in [0.25, 0.3) is 0 Å². The third kappa shape index (κ3) is 3.03. The number of rotatable bonds is 1. The lowest BCUT2D eigenvalue weighted by Crippen LogP contribution is -2.35. The van der Waals surface area contributed by atoms with E-state index in [2.05, 4.69) is 37.4 Å². The van der Waals surface area contributed by atoms with E-state index in [1.807, 2.05) is 11.8 Å². The summed E-state index contributed by atoms with van der Waals surface area (Å²) in [5.41, 5.74) is 4.32. The van der Waals surface area contributed by atoms with Gasteiger partial charge in [0, 0.05) is 18.0 Å². The molecule has 1 heterocycles. The van der Waals surface area contributed by atoms with Crippen LogP contribution in [-0.2, 0) is 0 Å². The zero-order valence-electron chi connectivity index (χ0n) is 12.5. The van der Waals surface area contributed by atoms with Crippen LogP contribution in [0.2, 0.25) is 0 Å². The summed E-state index contributed by atoms with van der Waals surface area (Å²) in [6.07, 6.45) is 6.97. The van der Waals surface area contributed by atoms with Crippen molar-refractivity contribution in [3.63, 3.8) is 0 Å². The Balaban J connectivity index is 1.67. The predicted octanol–water partition coefficient (Wildman–Crippen LogP) is 4.77. The molecule has 3 heteroatoms. The first-order chi connectivity index (χ1) is 9.67. The molecule has 1 aromatic carbocycles. The van der Waals surface area contributed by atoms with Gasteiger partial charge >= 0.3 is 0 Å². The number of nitrogens with zero attached hydrogens (tertiary/aromatic N) is 1. The highest BCUT2D eigenvalue weighted by atomic mass is 32.2. The Morgan fingerprint density at radius 2 is 1.95 bits per heavy atom. The van der Waals surface area contributed by atoms with Crippen LogP contribution in [-0.4, -0.2) is 17.5 Å². The molecule has 1 aromatic rings. The Hall–Kier alpha value is -0.960. The standard InChI is InChI=1S/C17H24N2S/c1-13-6-7-15(14(2)10-13)19-16-18-11-17(12-20-16)8-4-3-5-9-17/h6-7,10H,3-5,8-9,11-12H2,1-2H3,(H,18,19). The summed E-state index contributed by atoms with van der Waals surface area (Å²) in [6.45, 7) is 5.32. The van der Waals surface area contributed by atoms with E-state index in [-0.39, 0.29) is 0 Å². The van der Waals surface area contributed by atoms with Crippen molar-refractivity contribution in [3.8, 4) is 0 Å². The number of benzene rings is 1. The quantitative estimate of drug-likeness (QED) is 0.805. The van der Waals surface area contributed by atoms with Crippen molar-refractivity contribution in [1.29, 1.82) is 0 Å². The van der Waals surface area contributed by atoms with E-state index in [0.29, 0.717) is 5.41 Å². The zero-order valence-corrected chi connectivity index (χ0v) is 13.4. The monoisotopic (exact) mass is 288 g/mol. The number of anilines is 1. The summed E-state index contributed by atoms with van der Waals surface area (Å²) < 4.78 is 0. The maximum absolute atomic E-state index is 4.83. The highest BCUT2D eigenvalue weighted by molar-refractivity contribution is 8.14. The van der Waals surface area contributed by atoms with Crippen molar-refractivity contribution in [2.75, 3.05) is 17.6 Å². The van der Waals surface area contributed by atoms with Crippen LogP contribution in [0.15, 0.2) is 23.2 Å². The van der Waals surface area contributed by atoms with E-state index in [0.717, 1.165) is 11.7 Å². The molecule has 1 aliphatic heterocycles. The van der Waals surface area contributed by atoms with Gasteiger partial charge in [0.15, 0.2) is 5.17 Å². The maximum atomic E-state index is 4.83. The van der Waals surface area contributed by atoms with E-state index < -0.39 is 0 Å². The largest absolute Gasteiger partial charge is 0.335 e. The van der Waals surface area contributed by atoms with Gasteiger partial charge in [-0.1, -0.05) is 48.7 Å². The Morgan fingerprint density at radius 3 is 2.60 bits per heavy atom. The number of hydrogen-bond donors (Lipinski definition) is 1. The zero-order chi connectivity index (χ0) is 14.0. The molecule has 1 N–H and O–H groups in total. The average molecular weight is 288 g/mol. The third-order valence-electron chi connectivity index (χ3n) is 4.61. The van der Waals surface area contributed by atoms with Gasteiger partial charge in [-0.05, 0) is 43.7 Å². The second-order valence-corrected chi connectivity index (χ2v) is 7.38. The highest BCUT2D eigenvalue weighted by Crippen LogP contribution is 2.42. The van der Waals surface area contributed by atoms with Crippen LogP contribution in [0, 0.1) is 19.3 Å². The molecule has 0 amide bonds. The molecular formula is C17H24N2S. The Bertz CT molecular complexity index is 516. The van der Waals surface area contributed by atoms with Crippen molar-refractivity contribution in [3.05, 3.63) is 29.3 Å². The number of amidine groups is 1. The maximum Gasteiger partial charge on any atom is 0.161 e. The van der Waals surface area contributed by atoms with Gasteiger partial charge < -0.3 is 5.32 Å². The van der Waals surface area contributed by atoms with Crippen molar-refractivity contribution < 1.29 is 0 Å². The summed E-state index contributed by atoms with van der Waals surface area (Å²) in [4.78, 5) is 4.83. The number of hydrogen-bond acceptors (Lipinski definition) is 3. The topological polar surface area (TPSA) is 24.4 Å².